The van der Waals surface area contributed by atoms with Crippen LogP contribution in [-0.2, 0) is 6.54 Å². The molecule has 0 radical (unpaired) electrons. The summed E-state index contributed by atoms with van der Waals surface area (Å²) in [6.45, 7) is 8.79. The summed E-state index contributed by atoms with van der Waals surface area (Å²) in [6.07, 6.45) is 1.26. The standard InChI is InChI=1S/C15H25BrN2/c1-13(2)8-9-17-10-11-18(3)12-14-6-4-5-7-15(14)16/h4-7,13,17H,8-12H2,1-3H3. The van der Waals surface area contributed by atoms with E-state index in [0.717, 1.165) is 32.1 Å². The summed E-state index contributed by atoms with van der Waals surface area (Å²) in [5, 5.41) is 3.49. The fourth-order valence-corrected chi connectivity index (χ4v) is 2.19. The molecule has 102 valence electrons. The van der Waals surface area contributed by atoms with Crippen LogP contribution in [0.1, 0.15) is 25.8 Å². The van der Waals surface area contributed by atoms with E-state index in [1.165, 1.54) is 16.5 Å². The number of likely N-dealkylation sites (N-methyl/N-ethyl adjacent to an activating group) is 1. The minimum atomic E-state index is 0.788. The van der Waals surface area contributed by atoms with Gasteiger partial charge in [0.25, 0.3) is 0 Å². The van der Waals surface area contributed by atoms with Gasteiger partial charge in [-0.25, -0.2) is 0 Å². The third kappa shape index (κ3) is 6.53. The van der Waals surface area contributed by atoms with Gasteiger partial charge >= 0.3 is 0 Å². The maximum Gasteiger partial charge on any atom is 0.0242 e. The molecule has 0 atom stereocenters. The Hall–Kier alpha value is -0.380. The summed E-state index contributed by atoms with van der Waals surface area (Å²) in [5.41, 5.74) is 1.35. The SMILES string of the molecule is CC(C)CCNCCN(C)Cc1ccccc1Br. The molecular weight excluding hydrogens is 288 g/mol. The normalized spacial score (nSPS) is 11.4. The van der Waals surface area contributed by atoms with Crippen LogP contribution >= 0.6 is 15.9 Å². The van der Waals surface area contributed by atoms with Gasteiger partial charge < -0.3 is 10.2 Å². The third-order valence-corrected chi connectivity index (χ3v) is 3.74. The van der Waals surface area contributed by atoms with Gasteiger partial charge in [0, 0.05) is 24.1 Å². The first-order chi connectivity index (χ1) is 8.59. The fraction of sp³-hybridized carbons (Fsp3) is 0.600. The van der Waals surface area contributed by atoms with Crippen LogP contribution in [0.3, 0.4) is 0 Å². The largest absolute Gasteiger partial charge is 0.315 e. The molecule has 1 rings (SSSR count). The van der Waals surface area contributed by atoms with Crippen LogP contribution in [0.15, 0.2) is 28.7 Å². The first kappa shape index (κ1) is 15.7. The summed E-state index contributed by atoms with van der Waals surface area (Å²) in [4.78, 5) is 2.35. The molecule has 18 heavy (non-hydrogen) atoms. The molecule has 0 aliphatic heterocycles. The predicted molar refractivity (Wildman–Crippen MR) is 82.8 cm³/mol. The lowest BCUT2D eigenvalue weighted by molar-refractivity contribution is 0.322. The molecule has 1 N–H and O–H groups in total. The third-order valence-electron chi connectivity index (χ3n) is 2.97. The summed E-state index contributed by atoms with van der Waals surface area (Å²) < 4.78 is 1.20. The van der Waals surface area contributed by atoms with E-state index in [1.807, 2.05) is 0 Å². The zero-order valence-corrected chi connectivity index (χ0v) is 13.3. The highest BCUT2D eigenvalue weighted by molar-refractivity contribution is 9.10. The van der Waals surface area contributed by atoms with Crippen molar-refractivity contribution in [1.82, 2.24) is 10.2 Å². The molecule has 0 bridgehead atoms. The van der Waals surface area contributed by atoms with Gasteiger partial charge in [-0.3, -0.25) is 0 Å². The van der Waals surface area contributed by atoms with Gasteiger partial charge in [-0.1, -0.05) is 48.0 Å². The quantitative estimate of drug-likeness (QED) is 0.739. The second kappa shape index (κ2) is 8.68. The highest BCUT2D eigenvalue weighted by Gasteiger charge is 2.03. The molecule has 0 fully saturated rings. The van der Waals surface area contributed by atoms with Crippen molar-refractivity contribution in [3.8, 4) is 0 Å². The summed E-state index contributed by atoms with van der Waals surface area (Å²) in [5.74, 6) is 0.788. The fourth-order valence-electron chi connectivity index (χ4n) is 1.78. The first-order valence-electron chi connectivity index (χ1n) is 6.72. The van der Waals surface area contributed by atoms with Crippen LogP contribution in [0, 0.1) is 5.92 Å². The molecule has 1 aromatic rings. The minimum Gasteiger partial charge on any atom is -0.315 e. The Labute approximate surface area is 120 Å². The van der Waals surface area contributed by atoms with Crippen LogP contribution in [0.4, 0.5) is 0 Å². The number of nitrogens with zero attached hydrogens (tertiary/aromatic N) is 1. The Morgan fingerprint density at radius 2 is 1.94 bits per heavy atom. The van der Waals surface area contributed by atoms with E-state index in [-0.39, 0.29) is 0 Å². The highest BCUT2D eigenvalue weighted by Crippen LogP contribution is 2.16. The second-order valence-electron chi connectivity index (χ2n) is 5.26. The second-order valence-corrected chi connectivity index (χ2v) is 6.12. The average molecular weight is 313 g/mol. The predicted octanol–water partition coefficient (Wildman–Crippen LogP) is 3.52. The van der Waals surface area contributed by atoms with Crippen LogP contribution in [0.5, 0.6) is 0 Å². The maximum atomic E-state index is 3.59. The van der Waals surface area contributed by atoms with E-state index in [2.05, 4.69) is 71.3 Å². The van der Waals surface area contributed by atoms with Gasteiger partial charge in [-0.15, -0.1) is 0 Å². The Morgan fingerprint density at radius 3 is 2.61 bits per heavy atom. The smallest absolute Gasteiger partial charge is 0.0242 e. The molecule has 2 nitrogen and oxygen atoms in total. The minimum absolute atomic E-state index is 0.788. The van der Waals surface area contributed by atoms with Gasteiger partial charge in [0.15, 0.2) is 0 Å². The number of rotatable bonds is 8. The molecule has 0 saturated heterocycles. The van der Waals surface area contributed by atoms with Gasteiger partial charge in [0.2, 0.25) is 0 Å². The highest BCUT2D eigenvalue weighted by atomic mass is 79.9. The molecule has 3 heteroatoms. The molecule has 0 aromatic heterocycles. The number of benzene rings is 1. The Morgan fingerprint density at radius 1 is 1.22 bits per heavy atom. The van der Waals surface area contributed by atoms with Crippen molar-refractivity contribution >= 4 is 15.9 Å². The van der Waals surface area contributed by atoms with Gasteiger partial charge in [-0.05, 0) is 37.6 Å². The van der Waals surface area contributed by atoms with Crippen molar-refractivity contribution in [2.45, 2.75) is 26.8 Å². The Bertz CT molecular complexity index is 339. The van der Waals surface area contributed by atoms with Crippen molar-refractivity contribution in [3.05, 3.63) is 34.3 Å². The lowest BCUT2D eigenvalue weighted by Gasteiger charge is -2.18. The molecule has 0 spiro atoms. The van der Waals surface area contributed by atoms with Gasteiger partial charge in [0.1, 0.15) is 0 Å². The van der Waals surface area contributed by atoms with E-state index < -0.39 is 0 Å². The van der Waals surface area contributed by atoms with E-state index in [0.29, 0.717) is 0 Å². The van der Waals surface area contributed by atoms with Gasteiger partial charge in [0.05, 0.1) is 0 Å². The van der Waals surface area contributed by atoms with Crippen molar-refractivity contribution in [2.75, 3.05) is 26.7 Å². The first-order valence-corrected chi connectivity index (χ1v) is 7.51. The van der Waals surface area contributed by atoms with Crippen molar-refractivity contribution in [3.63, 3.8) is 0 Å². The maximum absolute atomic E-state index is 3.59. The molecule has 0 unspecified atom stereocenters. The number of halogens is 1. The summed E-state index contributed by atoms with van der Waals surface area (Å²) in [6, 6.07) is 8.42. The van der Waals surface area contributed by atoms with Crippen molar-refractivity contribution in [1.29, 1.82) is 0 Å². The molecule has 0 saturated carbocycles. The Balaban J connectivity index is 2.18. The Kier molecular flexibility index (Phi) is 7.56. The average Bonchev–Trinajstić information content (AvgIpc) is 2.31. The molecular formula is C15H25BrN2. The van der Waals surface area contributed by atoms with Crippen molar-refractivity contribution in [2.24, 2.45) is 5.92 Å². The lowest BCUT2D eigenvalue weighted by atomic mass is 10.1. The molecule has 1 aromatic carbocycles. The molecule has 0 aliphatic rings. The molecule has 0 heterocycles. The van der Waals surface area contributed by atoms with Crippen LogP contribution in [0.2, 0.25) is 0 Å². The van der Waals surface area contributed by atoms with E-state index >= 15 is 0 Å². The van der Waals surface area contributed by atoms with Crippen molar-refractivity contribution < 1.29 is 0 Å². The van der Waals surface area contributed by atoms with E-state index in [4.69, 9.17) is 0 Å². The van der Waals surface area contributed by atoms with E-state index in [9.17, 15) is 0 Å². The van der Waals surface area contributed by atoms with Crippen LogP contribution in [0.25, 0.3) is 0 Å². The van der Waals surface area contributed by atoms with Gasteiger partial charge in [-0.2, -0.15) is 0 Å². The lowest BCUT2D eigenvalue weighted by Crippen LogP contribution is -2.29. The van der Waals surface area contributed by atoms with Crippen LogP contribution < -0.4 is 5.32 Å². The van der Waals surface area contributed by atoms with E-state index in [1.54, 1.807) is 0 Å². The zero-order valence-electron chi connectivity index (χ0n) is 11.7. The number of nitrogens with one attached hydrogen (secondary N) is 1. The monoisotopic (exact) mass is 312 g/mol. The number of hydrogen-bond donors (Lipinski definition) is 1. The zero-order chi connectivity index (χ0) is 13.4. The molecule has 0 aliphatic carbocycles. The summed E-state index contributed by atoms with van der Waals surface area (Å²) >= 11 is 3.59. The number of hydrogen-bond acceptors (Lipinski definition) is 2. The van der Waals surface area contributed by atoms with Crippen LogP contribution in [-0.4, -0.2) is 31.6 Å². The summed E-state index contributed by atoms with van der Waals surface area (Å²) in [7, 11) is 2.17. The molecule has 0 amide bonds. The topological polar surface area (TPSA) is 15.3 Å².